The van der Waals surface area contributed by atoms with Crippen molar-refractivity contribution >= 4 is 5.91 Å². The van der Waals surface area contributed by atoms with E-state index < -0.39 is 11.7 Å². The van der Waals surface area contributed by atoms with Crippen LogP contribution in [0.1, 0.15) is 26.7 Å². The topological polar surface area (TPSA) is 46.3 Å². The van der Waals surface area contributed by atoms with Crippen LogP contribution < -0.4 is 5.73 Å². The van der Waals surface area contributed by atoms with Gasteiger partial charge in [0.2, 0.25) is 5.91 Å². The molecule has 1 fully saturated rings. The summed E-state index contributed by atoms with van der Waals surface area (Å²) in [6.45, 7) is 4.07. The van der Waals surface area contributed by atoms with Gasteiger partial charge in [0.25, 0.3) is 0 Å². The standard InChI is InChI=1S/C9H17FN2O/c1-3-7(11)8(13)12-5-4-9(2,10)6-12/h7H,3-6,11H2,1-2H3. The molecule has 0 bridgehead atoms. The number of carbonyl (C=O) groups excluding carboxylic acids is 1. The average molecular weight is 188 g/mol. The van der Waals surface area contributed by atoms with Crippen molar-refractivity contribution < 1.29 is 9.18 Å². The van der Waals surface area contributed by atoms with Gasteiger partial charge in [-0.2, -0.15) is 0 Å². The number of alkyl halides is 1. The van der Waals surface area contributed by atoms with Gasteiger partial charge in [0, 0.05) is 13.0 Å². The van der Waals surface area contributed by atoms with Crippen LogP contribution in [-0.4, -0.2) is 35.6 Å². The number of nitrogens with zero attached hydrogens (tertiary/aromatic N) is 1. The van der Waals surface area contributed by atoms with E-state index in [1.807, 2.05) is 6.92 Å². The van der Waals surface area contributed by atoms with Gasteiger partial charge >= 0.3 is 0 Å². The van der Waals surface area contributed by atoms with Gasteiger partial charge in [-0.05, 0) is 13.3 Å². The molecule has 0 aliphatic carbocycles. The number of nitrogens with two attached hydrogens (primary N) is 1. The summed E-state index contributed by atoms with van der Waals surface area (Å²) in [6, 6.07) is -0.464. The van der Waals surface area contributed by atoms with Gasteiger partial charge < -0.3 is 10.6 Å². The Balaban J connectivity index is 2.51. The highest BCUT2D eigenvalue weighted by molar-refractivity contribution is 5.81. The minimum absolute atomic E-state index is 0.121. The molecular weight excluding hydrogens is 171 g/mol. The molecule has 3 nitrogen and oxygen atoms in total. The number of halogens is 1. The van der Waals surface area contributed by atoms with Crippen LogP contribution in [0, 0.1) is 0 Å². The van der Waals surface area contributed by atoms with Crippen molar-refractivity contribution in [1.82, 2.24) is 4.90 Å². The summed E-state index contributed by atoms with van der Waals surface area (Å²) in [7, 11) is 0. The lowest BCUT2D eigenvalue weighted by Crippen LogP contribution is -2.43. The van der Waals surface area contributed by atoms with Crippen LogP contribution in [0.3, 0.4) is 0 Å². The van der Waals surface area contributed by atoms with Crippen molar-refractivity contribution in [3.05, 3.63) is 0 Å². The van der Waals surface area contributed by atoms with Crippen molar-refractivity contribution in [3.63, 3.8) is 0 Å². The first-order valence-corrected chi connectivity index (χ1v) is 4.69. The molecule has 0 aromatic heterocycles. The second-order valence-corrected chi connectivity index (χ2v) is 3.94. The molecule has 1 aliphatic heterocycles. The van der Waals surface area contributed by atoms with Crippen molar-refractivity contribution in [1.29, 1.82) is 0 Å². The van der Waals surface area contributed by atoms with Crippen molar-refractivity contribution in [2.24, 2.45) is 5.73 Å². The summed E-state index contributed by atoms with van der Waals surface area (Å²) in [5.74, 6) is -0.121. The summed E-state index contributed by atoms with van der Waals surface area (Å²) in [4.78, 5) is 13.0. The zero-order valence-corrected chi connectivity index (χ0v) is 8.22. The van der Waals surface area contributed by atoms with E-state index in [1.165, 1.54) is 11.8 Å². The molecule has 13 heavy (non-hydrogen) atoms. The fourth-order valence-electron chi connectivity index (χ4n) is 1.52. The largest absolute Gasteiger partial charge is 0.338 e. The van der Waals surface area contributed by atoms with Gasteiger partial charge in [0.1, 0.15) is 5.67 Å². The van der Waals surface area contributed by atoms with Crippen molar-refractivity contribution in [2.45, 2.75) is 38.4 Å². The molecule has 2 N–H and O–H groups in total. The summed E-state index contributed by atoms with van der Waals surface area (Å²) in [5, 5.41) is 0. The zero-order valence-electron chi connectivity index (χ0n) is 8.22. The number of amides is 1. The van der Waals surface area contributed by atoms with Crippen LogP contribution in [0.25, 0.3) is 0 Å². The Bertz CT molecular complexity index is 206. The van der Waals surface area contributed by atoms with Gasteiger partial charge in [-0.3, -0.25) is 4.79 Å². The van der Waals surface area contributed by atoms with Crippen molar-refractivity contribution in [2.75, 3.05) is 13.1 Å². The van der Waals surface area contributed by atoms with E-state index in [1.54, 1.807) is 0 Å². The Morgan fingerprint density at radius 2 is 2.38 bits per heavy atom. The quantitative estimate of drug-likeness (QED) is 0.692. The second-order valence-electron chi connectivity index (χ2n) is 3.94. The summed E-state index contributed by atoms with van der Waals surface area (Å²) >= 11 is 0. The van der Waals surface area contributed by atoms with Crippen LogP contribution in [0.5, 0.6) is 0 Å². The molecule has 0 radical (unpaired) electrons. The Labute approximate surface area is 78.1 Å². The summed E-state index contributed by atoms with van der Waals surface area (Å²) in [6.07, 6.45) is 1.04. The Hall–Kier alpha value is -0.640. The highest BCUT2D eigenvalue weighted by atomic mass is 19.1. The van der Waals surface area contributed by atoms with E-state index >= 15 is 0 Å². The summed E-state index contributed by atoms with van der Waals surface area (Å²) < 4.78 is 13.4. The molecule has 1 saturated heterocycles. The first kappa shape index (κ1) is 10.4. The first-order chi connectivity index (χ1) is 5.96. The second kappa shape index (κ2) is 3.62. The fraction of sp³-hybridized carbons (Fsp3) is 0.889. The maximum atomic E-state index is 13.4. The van der Waals surface area contributed by atoms with E-state index in [4.69, 9.17) is 5.73 Å². The molecule has 0 saturated carbocycles. The maximum absolute atomic E-state index is 13.4. The van der Waals surface area contributed by atoms with Gasteiger partial charge in [0.05, 0.1) is 12.6 Å². The lowest BCUT2D eigenvalue weighted by atomic mass is 10.1. The molecule has 0 spiro atoms. The summed E-state index contributed by atoms with van der Waals surface area (Å²) in [5.41, 5.74) is 4.35. The molecular formula is C9H17FN2O. The van der Waals surface area contributed by atoms with Gasteiger partial charge in [0.15, 0.2) is 0 Å². The molecule has 1 heterocycles. The highest BCUT2D eigenvalue weighted by Gasteiger charge is 2.36. The molecule has 1 aliphatic rings. The van der Waals surface area contributed by atoms with Crippen LogP contribution in [0.15, 0.2) is 0 Å². The number of hydrogen-bond acceptors (Lipinski definition) is 2. The first-order valence-electron chi connectivity index (χ1n) is 4.69. The molecule has 0 aromatic rings. The number of hydrogen-bond donors (Lipinski definition) is 1. The molecule has 4 heteroatoms. The Morgan fingerprint density at radius 3 is 2.77 bits per heavy atom. The number of carbonyl (C=O) groups is 1. The van der Waals surface area contributed by atoms with Crippen molar-refractivity contribution in [3.8, 4) is 0 Å². The van der Waals surface area contributed by atoms with E-state index in [0.717, 1.165) is 0 Å². The third-order valence-corrected chi connectivity index (χ3v) is 2.49. The maximum Gasteiger partial charge on any atom is 0.239 e. The Morgan fingerprint density at radius 1 is 1.77 bits per heavy atom. The van der Waals surface area contributed by atoms with E-state index in [2.05, 4.69) is 0 Å². The molecule has 0 aromatic carbocycles. The molecule has 2 unspecified atom stereocenters. The Kier molecular flexibility index (Phi) is 2.91. The third-order valence-electron chi connectivity index (χ3n) is 2.49. The minimum atomic E-state index is -1.22. The van der Waals surface area contributed by atoms with E-state index in [-0.39, 0.29) is 12.5 Å². The lowest BCUT2D eigenvalue weighted by Gasteiger charge is -2.20. The smallest absolute Gasteiger partial charge is 0.239 e. The van der Waals surface area contributed by atoms with Crippen LogP contribution in [0.4, 0.5) is 4.39 Å². The predicted octanol–water partition coefficient (Wildman–Crippen LogP) is 0.684. The molecule has 1 rings (SSSR count). The highest BCUT2D eigenvalue weighted by Crippen LogP contribution is 2.24. The predicted molar refractivity (Wildman–Crippen MR) is 49.0 cm³/mol. The number of rotatable bonds is 2. The number of likely N-dealkylation sites (tertiary alicyclic amines) is 1. The minimum Gasteiger partial charge on any atom is -0.338 e. The van der Waals surface area contributed by atoms with Gasteiger partial charge in [-0.15, -0.1) is 0 Å². The normalized spacial score (nSPS) is 30.6. The fourth-order valence-corrected chi connectivity index (χ4v) is 1.52. The average Bonchev–Trinajstić information content (AvgIpc) is 2.43. The van der Waals surface area contributed by atoms with Gasteiger partial charge in [-0.25, -0.2) is 4.39 Å². The van der Waals surface area contributed by atoms with E-state index in [9.17, 15) is 9.18 Å². The van der Waals surface area contributed by atoms with Crippen LogP contribution in [0.2, 0.25) is 0 Å². The third kappa shape index (κ3) is 2.40. The van der Waals surface area contributed by atoms with Crippen LogP contribution >= 0.6 is 0 Å². The monoisotopic (exact) mass is 188 g/mol. The zero-order chi connectivity index (χ0) is 10.1. The van der Waals surface area contributed by atoms with Gasteiger partial charge in [-0.1, -0.05) is 6.92 Å². The molecule has 2 atom stereocenters. The lowest BCUT2D eigenvalue weighted by molar-refractivity contribution is -0.132. The molecule has 76 valence electrons. The van der Waals surface area contributed by atoms with Crippen LogP contribution in [-0.2, 0) is 4.79 Å². The SMILES string of the molecule is CCC(N)C(=O)N1CCC(C)(F)C1. The van der Waals surface area contributed by atoms with E-state index in [0.29, 0.717) is 19.4 Å². The molecule has 1 amide bonds.